The molecule has 31 heavy (non-hydrogen) atoms. The highest BCUT2D eigenvalue weighted by Crippen LogP contribution is 2.24. The van der Waals surface area contributed by atoms with E-state index in [0.29, 0.717) is 17.3 Å². The van der Waals surface area contributed by atoms with Gasteiger partial charge in [0.05, 0.1) is 18.7 Å². The van der Waals surface area contributed by atoms with Crippen molar-refractivity contribution in [2.75, 3.05) is 12.4 Å². The third-order valence-electron chi connectivity index (χ3n) is 5.24. The van der Waals surface area contributed by atoms with Crippen LogP contribution in [0.25, 0.3) is 11.1 Å². The zero-order valence-corrected chi connectivity index (χ0v) is 17.9. The second kappa shape index (κ2) is 9.06. The molecule has 3 aromatic rings. The van der Waals surface area contributed by atoms with Gasteiger partial charge in [-0.1, -0.05) is 48.5 Å². The molecule has 0 saturated carbocycles. The molecule has 1 saturated heterocycles. The predicted molar refractivity (Wildman–Crippen MR) is 124 cm³/mol. The zero-order valence-electron chi connectivity index (χ0n) is 17.1. The van der Waals surface area contributed by atoms with Gasteiger partial charge in [0.1, 0.15) is 6.04 Å². The second-order valence-electron chi connectivity index (χ2n) is 7.34. The number of benzene rings is 2. The number of aromatic nitrogens is 1. The van der Waals surface area contributed by atoms with E-state index in [1.54, 1.807) is 18.1 Å². The second-order valence-corrected chi connectivity index (χ2v) is 7.71. The number of nitrogens with zero attached hydrogens (tertiary/aromatic N) is 3. The molecule has 1 aliphatic heterocycles. The summed E-state index contributed by atoms with van der Waals surface area (Å²) >= 11 is 5.43. The molecule has 1 atom stereocenters. The van der Waals surface area contributed by atoms with Crippen molar-refractivity contribution in [2.45, 2.75) is 19.0 Å². The highest BCUT2D eigenvalue weighted by Gasteiger charge is 2.41. The average Bonchev–Trinajstić information content (AvgIpc) is 2.99. The Hall–Kier alpha value is -3.58. The molecule has 2 aromatic carbocycles. The van der Waals surface area contributed by atoms with Gasteiger partial charge in [0.2, 0.25) is 5.91 Å². The lowest BCUT2D eigenvalue weighted by molar-refractivity contribution is -0.130. The number of carbonyl (C=O) groups excluding carboxylic acids is 2. The number of amides is 2. The number of hydrogen-bond acceptors (Lipinski definition) is 4. The third-order valence-corrected chi connectivity index (χ3v) is 5.75. The monoisotopic (exact) mass is 430 g/mol. The van der Waals surface area contributed by atoms with Gasteiger partial charge in [-0.25, -0.2) is 0 Å². The van der Waals surface area contributed by atoms with Crippen LogP contribution in [0.2, 0.25) is 0 Å². The Labute approximate surface area is 186 Å². The number of pyridine rings is 1. The number of nitrogens with one attached hydrogen (secondary N) is 1. The minimum absolute atomic E-state index is 0.0105. The Morgan fingerprint density at radius 1 is 1.00 bits per heavy atom. The fourth-order valence-corrected chi connectivity index (χ4v) is 3.86. The summed E-state index contributed by atoms with van der Waals surface area (Å²) in [5, 5.41) is 3.29. The van der Waals surface area contributed by atoms with Crippen LogP contribution >= 0.6 is 12.2 Å². The molecule has 0 spiro atoms. The molecule has 0 aliphatic carbocycles. The molecule has 2 heterocycles. The number of carbonyl (C=O) groups is 2. The molecule has 6 nitrogen and oxygen atoms in total. The molecule has 2 amide bonds. The van der Waals surface area contributed by atoms with Gasteiger partial charge in [-0.15, -0.1) is 0 Å². The van der Waals surface area contributed by atoms with Gasteiger partial charge >= 0.3 is 0 Å². The van der Waals surface area contributed by atoms with Crippen LogP contribution in [0.3, 0.4) is 0 Å². The van der Waals surface area contributed by atoms with Crippen LogP contribution in [0.1, 0.15) is 12.1 Å². The van der Waals surface area contributed by atoms with Crippen LogP contribution in [-0.4, -0.2) is 44.8 Å². The zero-order chi connectivity index (χ0) is 21.8. The molecule has 7 heteroatoms. The van der Waals surface area contributed by atoms with Crippen molar-refractivity contribution in [1.82, 2.24) is 14.8 Å². The van der Waals surface area contributed by atoms with E-state index >= 15 is 0 Å². The van der Waals surface area contributed by atoms with E-state index in [0.717, 1.165) is 16.8 Å². The smallest absolute Gasteiger partial charge is 0.251 e. The minimum Gasteiger partial charge on any atom is -0.330 e. The highest BCUT2D eigenvalue weighted by atomic mass is 32.1. The van der Waals surface area contributed by atoms with Crippen molar-refractivity contribution < 1.29 is 9.59 Å². The van der Waals surface area contributed by atoms with Crippen LogP contribution in [0, 0.1) is 0 Å². The lowest BCUT2D eigenvalue weighted by atomic mass is 10.1. The summed E-state index contributed by atoms with van der Waals surface area (Å²) in [5.41, 5.74) is 3.65. The first-order valence-corrected chi connectivity index (χ1v) is 10.4. The number of likely N-dealkylation sites (N-methyl/N-ethyl adjacent to an activating group) is 1. The van der Waals surface area contributed by atoms with Crippen LogP contribution in [0.15, 0.2) is 79.0 Å². The van der Waals surface area contributed by atoms with Gasteiger partial charge in [0.15, 0.2) is 5.11 Å². The van der Waals surface area contributed by atoms with Crippen molar-refractivity contribution in [2.24, 2.45) is 0 Å². The van der Waals surface area contributed by atoms with Crippen LogP contribution in [0.5, 0.6) is 0 Å². The van der Waals surface area contributed by atoms with Crippen LogP contribution in [0.4, 0.5) is 5.69 Å². The molecule has 1 N–H and O–H groups in total. The van der Waals surface area contributed by atoms with Gasteiger partial charge < -0.3 is 10.2 Å². The number of hydrogen-bond donors (Lipinski definition) is 1. The van der Waals surface area contributed by atoms with Crippen molar-refractivity contribution in [3.8, 4) is 11.1 Å². The Morgan fingerprint density at radius 2 is 1.68 bits per heavy atom. The Balaban J connectivity index is 1.43. The molecule has 0 bridgehead atoms. The summed E-state index contributed by atoms with van der Waals surface area (Å²) in [5.74, 6) is -0.426. The lowest BCUT2D eigenvalue weighted by Gasteiger charge is -2.23. The minimum atomic E-state index is -0.650. The summed E-state index contributed by atoms with van der Waals surface area (Å²) in [7, 11) is 1.64. The number of anilines is 1. The molecule has 1 fully saturated rings. The number of rotatable bonds is 6. The summed E-state index contributed by atoms with van der Waals surface area (Å²) < 4.78 is 0. The molecular weight excluding hydrogens is 408 g/mol. The van der Waals surface area contributed by atoms with Crippen molar-refractivity contribution in [1.29, 1.82) is 0 Å². The van der Waals surface area contributed by atoms with E-state index in [-0.39, 0.29) is 18.2 Å². The van der Waals surface area contributed by atoms with Crippen molar-refractivity contribution in [3.63, 3.8) is 0 Å². The molecule has 156 valence electrons. The average molecular weight is 431 g/mol. The molecule has 1 unspecified atom stereocenters. The Morgan fingerprint density at radius 3 is 2.35 bits per heavy atom. The molecule has 1 aliphatic rings. The first-order chi connectivity index (χ1) is 15.0. The highest BCUT2D eigenvalue weighted by molar-refractivity contribution is 7.80. The topological polar surface area (TPSA) is 65.5 Å². The lowest BCUT2D eigenvalue weighted by Crippen LogP contribution is -2.37. The fourth-order valence-electron chi connectivity index (χ4n) is 3.58. The van der Waals surface area contributed by atoms with Gasteiger partial charge in [0, 0.05) is 18.9 Å². The van der Waals surface area contributed by atoms with Gasteiger partial charge in [-0.3, -0.25) is 19.5 Å². The fraction of sp³-hybridized carbons (Fsp3) is 0.167. The van der Waals surface area contributed by atoms with E-state index < -0.39 is 6.04 Å². The maximum Gasteiger partial charge on any atom is 0.251 e. The van der Waals surface area contributed by atoms with E-state index in [1.807, 2.05) is 72.8 Å². The standard InChI is InChI=1S/C24H22N4O2S/c1-27-23(30)21(28(24(27)31)16-20-9-5-6-14-25-20)15-22(29)26-19-12-10-18(11-13-19)17-7-3-2-4-8-17/h2-14,21H,15-16H2,1H3,(H,26,29). The van der Waals surface area contributed by atoms with Crippen LogP contribution in [-0.2, 0) is 16.1 Å². The van der Waals surface area contributed by atoms with E-state index in [1.165, 1.54) is 4.90 Å². The Bertz CT molecular complexity index is 1090. The Kier molecular flexibility index (Phi) is 6.04. The SMILES string of the molecule is CN1C(=O)C(CC(=O)Nc2ccc(-c3ccccc3)cc2)N(Cc2ccccn2)C1=S. The van der Waals surface area contributed by atoms with E-state index in [2.05, 4.69) is 10.3 Å². The normalized spacial score (nSPS) is 16.0. The first-order valence-electron chi connectivity index (χ1n) is 9.96. The van der Waals surface area contributed by atoms with Crippen molar-refractivity contribution in [3.05, 3.63) is 84.7 Å². The maximum atomic E-state index is 12.7. The predicted octanol–water partition coefficient (Wildman–Crippen LogP) is 3.70. The molecular formula is C24H22N4O2S. The van der Waals surface area contributed by atoms with Gasteiger partial charge in [-0.05, 0) is 47.6 Å². The van der Waals surface area contributed by atoms with E-state index in [4.69, 9.17) is 12.2 Å². The summed E-state index contributed by atoms with van der Waals surface area (Å²) in [6.45, 7) is 0.374. The first kappa shape index (κ1) is 20.7. The summed E-state index contributed by atoms with van der Waals surface area (Å²) in [6.07, 6.45) is 1.71. The number of thiocarbonyl (C=S) groups is 1. The summed E-state index contributed by atoms with van der Waals surface area (Å²) in [4.78, 5) is 32.9. The van der Waals surface area contributed by atoms with Gasteiger partial charge in [-0.2, -0.15) is 0 Å². The van der Waals surface area contributed by atoms with E-state index in [9.17, 15) is 9.59 Å². The maximum absolute atomic E-state index is 12.7. The largest absolute Gasteiger partial charge is 0.330 e. The molecule has 0 radical (unpaired) electrons. The third kappa shape index (κ3) is 4.62. The molecule has 1 aromatic heterocycles. The van der Waals surface area contributed by atoms with Crippen LogP contribution < -0.4 is 5.32 Å². The molecule has 4 rings (SSSR count). The quantitative estimate of drug-likeness (QED) is 0.604. The van der Waals surface area contributed by atoms with Crippen molar-refractivity contribution >= 4 is 34.8 Å². The summed E-state index contributed by atoms with van der Waals surface area (Å²) in [6, 6.07) is 22.6. The van der Waals surface area contributed by atoms with Gasteiger partial charge in [0.25, 0.3) is 5.91 Å².